The van der Waals surface area contributed by atoms with E-state index in [1.54, 1.807) is 0 Å². The molecule has 0 heterocycles. The van der Waals surface area contributed by atoms with Crippen molar-refractivity contribution in [3.8, 4) is 5.75 Å². The van der Waals surface area contributed by atoms with Gasteiger partial charge >= 0.3 is 0 Å². The minimum Gasteiger partial charge on any atom is -0.492 e. The number of para-hydroxylation sites is 1. The van der Waals surface area contributed by atoms with E-state index in [9.17, 15) is 4.79 Å². The fourth-order valence-corrected chi connectivity index (χ4v) is 2.95. The van der Waals surface area contributed by atoms with Gasteiger partial charge in [0.25, 0.3) is 0 Å². The largest absolute Gasteiger partial charge is 0.492 e. The van der Waals surface area contributed by atoms with Crippen LogP contribution in [0.3, 0.4) is 0 Å². The van der Waals surface area contributed by atoms with Gasteiger partial charge in [0, 0.05) is 24.7 Å². The van der Waals surface area contributed by atoms with Gasteiger partial charge in [0.1, 0.15) is 12.4 Å². The maximum atomic E-state index is 11.2. The van der Waals surface area contributed by atoms with Crippen molar-refractivity contribution in [2.24, 2.45) is 11.5 Å². The van der Waals surface area contributed by atoms with Crippen LogP contribution in [-0.2, 0) is 11.3 Å². The van der Waals surface area contributed by atoms with E-state index in [0.717, 1.165) is 24.2 Å². The zero-order valence-corrected chi connectivity index (χ0v) is 12.5. The molecule has 0 spiro atoms. The van der Waals surface area contributed by atoms with E-state index in [4.69, 9.17) is 16.2 Å². The van der Waals surface area contributed by atoms with Crippen molar-refractivity contribution >= 4 is 5.91 Å². The Bertz CT molecular complexity index is 459. The number of hydrogen-bond acceptors (Lipinski definition) is 4. The van der Waals surface area contributed by atoms with Crippen LogP contribution in [0.25, 0.3) is 0 Å². The molecule has 4 N–H and O–H groups in total. The summed E-state index contributed by atoms with van der Waals surface area (Å²) in [6, 6.07) is 8.24. The molecule has 1 aromatic carbocycles. The van der Waals surface area contributed by atoms with Crippen LogP contribution >= 0.6 is 0 Å². The van der Waals surface area contributed by atoms with E-state index in [1.807, 2.05) is 24.3 Å². The molecule has 1 aromatic rings. The lowest BCUT2D eigenvalue weighted by atomic mass is 10.2. The molecule has 1 saturated carbocycles. The Morgan fingerprint density at radius 3 is 2.67 bits per heavy atom. The molecule has 1 aliphatic rings. The molecule has 0 unspecified atom stereocenters. The van der Waals surface area contributed by atoms with E-state index in [-0.39, 0.29) is 5.91 Å². The molecule has 116 valence electrons. The molecule has 21 heavy (non-hydrogen) atoms. The first-order valence-corrected chi connectivity index (χ1v) is 7.64. The Morgan fingerprint density at radius 2 is 2.00 bits per heavy atom. The maximum absolute atomic E-state index is 11.2. The summed E-state index contributed by atoms with van der Waals surface area (Å²) in [6.45, 7) is 2.03. The molecule has 1 aliphatic carbocycles. The molecule has 1 amide bonds. The molecule has 2 rings (SSSR count). The average molecular weight is 291 g/mol. The van der Waals surface area contributed by atoms with Gasteiger partial charge in [-0.05, 0) is 18.9 Å². The van der Waals surface area contributed by atoms with Gasteiger partial charge in [0.05, 0.1) is 6.54 Å². The molecular formula is C16H25N3O2. The van der Waals surface area contributed by atoms with E-state index >= 15 is 0 Å². The highest BCUT2D eigenvalue weighted by molar-refractivity contribution is 5.75. The summed E-state index contributed by atoms with van der Waals surface area (Å²) in [5.41, 5.74) is 12.0. The van der Waals surface area contributed by atoms with Crippen LogP contribution in [0.15, 0.2) is 24.3 Å². The van der Waals surface area contributed by atoms with Crippen LogP contribution in [0.5, 0.6) is 5.75 Å². The van der Waals surface area contributed by atoms with E-state index in [1.165, 1.54) is 12.8 Å². The number of ether oxygens (including phenoxy) is 1. The van der Waals surface area contributed by atoms with E-state index < -0.39 is 0 Å². The van der Waals surface area contributed by atoms with Crippen molar-refractivity contribution in [1.29, 1.82) is 0 Å². The number of primary amides is 1. The van der Waals surface area contributed by atoms with Crippen LogP contribution in [0.1, 0.15) is 31.2 Å². The summed E-state index contributed by atoms with van der Waals surface area (Å²) in [6.07, 6.45) is 4.76. The Balaban J connectivity index is 1.87. The molecule has 5 nitrogen and oxygen atoms in total. The summed E-state index contributed by atoms with van der Waals surface area (Å²) in [7, 11) is 0. The van der Waals surface area contributed by atoms with Gasteiger partial charge in [0.2, 0.25) is 5.91 Å². The first-order valence-electron chi connectivity index (χ1n) is 7.64. The van der Waals surface area contributed by atoms with E-state index in [2.05, 4.69) is 4.90 Å². The summed E-state index contributed by atoms with van der Waals surface area (Å²) in [4.78, 5) is 13.4. The Morgan fingerprint density at radius 1 is 1.29 bits per heavy atom. The number of amides is 1. The SMILES string of the molecule is NCc1ccccc1OCCN(CC(N)=O)C1CCCC1. The van der Waals surface area contributed by atoms with Gasteiger partial charge in [-0.1, -0.05) is 31.0 Å². The van der Waals surface area contributed by atoms with Crippen molar-refractivity contribution in [2.45, 2.75) is 38.3 Å². The predicted molar refractivity (Wildman–Crippen MR) is 82.9 cm³/mol. The monoisotopic (exact) mass is 291 g/mol. The highest BCUT2D eigenvalue weighted by Gasteiger charge is 2.23. The zero-order chi connectivity index (χ0) is 15.1. The first-order chi connectivity index (χ1) is 10.2. The molecule has 0 atom stereocenters. The normalized spacial score (nSPS) is 15.5. The molecule has 1 fully saturated rings. The zero-order valence-electron chi connectivity index (χ0n) is 12.5. The minimum absolute atomic E-state index is 0.274. The van der Waals surface area contributed by atoms with Gasteiger partial charge in [-0.2, -0.15) is 0 Å². The topological polar surface area (TPSA) is 81.6 Å². The van der Waals surface area contributed by atoms with Crippen molar-refractivity contribution in [2.75, 3.05) is 19.7 Å². The molecule has 0 aliphatic heterocycles. The summed E-state index contributed by atoms with van der Waals surface area (Å²) in [5, 5.41) is 0. The lowest BCUT2D eigenvalue weighted by molar-refractivity contribution is -0.119. The quantitative estimate of drug-likeness (QED) is 0.755. The number of carbonyl (C=O) groups is 1. The van der Waals surface area contributed by atoms with Crippen LogP contribution in [0.4, 0.5) is 0 Å². The molecule has 0 saturated heterocycles. The molecule has 5 heteroatoms. The number of hydrogen-bond donors (Lipinski definition) is 2. The fourth-order valence-electron chi connectivity index (χ4n) is 2.95. The number of nitrogens with zero attached hydrogens (tertiary/aromatic N) is 1. The number of carbonyl (C=O) groups excluding carboxylic acids is 1. The van der Waals surface area contributed by atoms with Crippen LogP contribution in [-0.4, -0.2) is 36.5 Å². The van der Waals surface area contributed by atoms with E-state index in [0.29, 0.717) is 32.3 Å². The third-order valence-corrected chi connectivity index (χ3v) is 4.03. The second kappa shape index (κ2) is 8.00. The highest BCUT2D eigenvalue weighted by atomic mass is 16.5. The second-order valence-electron chi connectivity index (χ2n) is 5.54. The van der Waals surface area contributed by atoms with Crippen LogP contribution < -0.4 is 16.2 Å². The van der Waals surface area contributed by atoms with Gasteiger partial charge in [-0.25, -0.2) is 0 Å². The van der Waals surface area contributed by atoms with Gasteiger partial charge in [0.15, 0.2) is 0 Å². The first kappa shape index (κ1) is 15.8. The average Bonchev–Trinajstić information content (AvgIpc) is 3.00. The molecule has 0 bridgehead atoms. The van der Waals surface area contributed by atoms with Crippen molar-refractivity contribution in [3.05, 3.63) is 29.8 Å². The maximum Gasteiger partial charge on any atom is 0.231 e. The number of benzene rings is 1. The summed E-state index contributed by atoms with van der Waals surface area (Å²) < 4.78 is 5.83. The lowest BCUT2D eigenvalue weighted by Crippen LogP contribution is -2.42. The highest BCUT2D eigenvalue weighted by Crippen LogP contribution is 2.23. The number of rotatable bonds is 8. The summed E-state index contributed by atoms with van der Waals surface area (Å²) in [5.74, 6) is 0.551. The second-order valence-corrected chi connectivity index (χ2v) is 5.54. The smallest absolute Gasteiger partial charge is 0.231 e. The Labute approximate surface area is 126 Å². The van der Waals surface area contributed by atoms with Crippen LogP contribution in [0.2, 0.25) is 0 Å². The van der Waals surface area contributed by atoms with Gasteiger partial charge in [-0.3, -0.25) is 9.69 Å². The molecular weight excluding hydrogens is 266 g/mol. The lowest BCUT2D eigenvalue weighted by Gasteiger charge is -2.27. The molecule has 0 aromatic heterocycles. The fraction of sp³-hybridized carbons (Fsp3) is 0.562. The standard InChI is InChI=1S/C16H25N3O2/c17-11-13-5-1-4-8-15(13)21-10-9-19(12-16(18)20)14-6-2-3-7-14/h1,4-5,8,14H,2-3,6-7,9-12,17H2,(H2,18,20). The van der Waals surface area contributed by atoms with Crippen molar-refractivity contribution < 1.29 is 9.53 Å². The third-order valence-electron chi connectivity index (χ3n) is 4.03. The van der Waals surface area contributed by atoms with Gasteiger partial charge < -0.3 is 16.2 Å². The Kier molecular flexibility index (Phi) is 6.02. The minimum atomic E-state index is -0.274. The Hall–Kier alpha value is -1.59. The molecule has 0 radical (unpaired) electrons. The van der Waals surface area contributed by atoms with Gasteiger partial charge in [-0.15, -0.1) is 0 Å². The number of nitrogens with two attached hydrogens (primary N) is 2. The van der Waals surface area contributed by atoms with Crippen molar-refractivity contribution in [3.63, 3.8) is 0 Å². The summed E-state index contributed by atoms with van der Waals surface area (Å²) >= 11 is 0. The van der Waals surface area contributed by atoms with Crippen molar-refractivity contribution in [1.82, 2.24) is 4.90 Å². The third kappa shape index (κ3) is 4.72. The van der Waals surface area contributed by atoms with Crippen LogP contribution in [0, 0.1) is 0 Å². The predicted octanol–water partition coefficient (Wildman–Crippen LogP) is 1.25.